The van der Waals surface area contributed by atoms with Crippen LogP contribution in [0.2, 0.25) is 18.1 Å². The minimum Gasteiger partial charge on any atom is -0.490 e. The predicted octanol–water partition coefficient (Wildman–Crippen LogP) is 6.92. The summed E-state index contributed by atoms with van der Waals surface area (Å²) in [7, 11) is -2.04. The number of alkyl halides is 1. The molecule has 0 unspecified atom stereocenters. The highest BCUT2D eigenvalue weighted by molar-refractivity contribution is 9.09. The fourth-order valence-electron chi connectivity index (χ4n) is 4.89. The van der Waals surface area contributed by atoms with E-state index in [1.165, 1.54) is 0 Å². The van der Waals surface area contributed by atoms with Gasteiger partial charge in [0, 0.05) is 24.5 Å². The smallest absolute Gasteiger partial charge is 0.414 e. The van der Waals surface area contributed by atoms with Crippen molar-refractivity contribution >= 4 is 41.9 Å². The van der Waals surface area contributed by atoms with Crippen LogP contribution in [-0.4, -0.2) is 75.1 Å². The van der Waals surface area contributed by atoms with Crippen LogP contribution >= 0.6 is 15.9 Å². The third kappa shape index (κ3) is 7.23. The summed E-state index contributed by atoms with van der Waals surface area (Å²) in [5.74, 6) is 0.992. The van der Waals surface area contributed by atoms with Crippen molar-refractivity contribution in [3.05, 3.63) is 30.4 Å². The fraction of sp³-hybridized carbons (Fsp3) is 0.667. The van der Waals surface area contributed by atoms with E-state index in [4.69, 9.17) is 18.6 Å². The highest BCUT2D eigenvalue weighted by Crippen LogP contribution is 2.43. The molecule has 10 heteroatoms. The molecule has 0 bridgehead atoms. The van der Waals surface area contributed by atoms with Gasteiger partial charge in [-0.25, -0.2) is 4.79 Å². The summed E-state index contributed by atoms with van der Waals surface area (Å²) in [5, 5.41) is 1.02. The largest absolute Gasteiger partial charge is 0.490 e. The molecule has 1 saturated heterocycles. The third-order valence-corrected chi connectivity index (χ3v) is 13.4. The summed E-state index contributed by atoms with van der Waals surface area (Å²) in [5.41, 5.74) is 0.919. The normalized spacial score (nSPS) is 21.0. The molecular formula is C30H45BrN2O6Si. The van der Waals surface area contributed by atoms with E-state index in [0.717, 1.165) is 37.4 Å². The Hall–Kier alpha value is -2.04. The lowest BCUT2D eigenvalue weighted by Gasteiger charge is -2.38. The first kappa shape index (κ1) is 30.9. The zero-order valence-corrected chi connectivity index (χ0v) is 27.3. The Bertz CT molecular complexity index is 1090. The second-order valence-corrected chi connectivity index (χ2v) is 18.1. The van der Waals surface area contributed by atoms with E-state index in [1.54, 1.807) is 23.1 Å². The van der Waals surface area contributed by atoms with Crippen molar-refractivity contribution in [3.8, 4) is 11.5 Å². The molecule has 2 heterocycles. The monoisotopic (exact) mass is 636 g/mol. The van der Waals surface area contributed by atoms with Crippen LogP contribution in [0.3, 0.4) is 0 Å². The molecule has 0 radical (unpaired) electrons. The van der Waals surface area contributed by atoms with Gasteiger partial charge in [-0.2, -0.15) is 0 Å². The van der Waals surface area contributed by atoms with E-state index >= 15 is 0 Å². The highest BCUT2D eigenvalue weighted by Gasteiger charge is 2.46. The van der Waals surface area contributed by atoms with Gasteiger partial charge < -0.3 is 23.5 Å². The maximum atomic E-state index is 14.1. The zero-order valence-electron chi connectivity index (χ0n) is 24.7. The first-order valence-corrected chi connectivity index (χ1v) is 18.6. The highest BCUT2D eigenvalue weighted by atomic mass is 79.9. The number of amides is 2. The number of hydrogen-bond acceptors (Lipinski definition) is 6. The number of halogens is 1. The number of unbranched alkanes of at least 4 members (excludes halogenated alkanes) is 2. The van der Waals surface area contributed by atoms with Crippen LogP contribution in [0, 0.1) is 0 Å². The first-order chi connectivity index (χ1) is 18.9. The Kier molecular flexibility index (Phi) is 9.94. The van der Waals surface area contributed by atoms with Crippen LogP contribution in [0.1, 0.15) is 69.7 Å². The van der Waals surface area contributed by atoms with Gasteiger partial charge in [-0.05, 0) is 62.7 Å². The summed E-state index contributed by atoms with van der Waals surface area (Å²) < 4.78 is 24.6. The van der Waals surface area contributed by atoms with E-state index in [2.05, 4.69) is 56.4 Å². The number of fused-ring (bicyclic) bond motifs is 2. The molecule has 2 amide bonds. The summed E-state index contributed by atoms with van der Waals surface area (Å²) in [6.45, 7) is 16.2. The van der Waals surface area contributed by atoms with Gasteiger partial charge in [0.1, 0.15) is 6.61 Å². The number of carbonyl (C=O) groups is 2. The molecule has 1 saturated carbocycles. The number of carbonyl (C=O) groups excluding carboxylic acids is 2. The van der Waals surface area contributed by atoms with Crippen LogP contribution in [0.15, 0.2) is 24.8 Å². The van der Waals surface area contributed by atoms with Crippen LogP contribution in [-0.2, 0) is 9.16 Å². The van der Waals surface area contributed by atoms with Crippen LogP contribution in [0.25, 0.3) is 0 Å². The van der Waals surface area contributed by atoms with E-state index in [9.17, 15) is 9.59 Å². The van der Waals surface area contributed by atoms with E-state index in [-0.39, 0.29) is 35.8 Å². The Morgan fingerprint density at radius 1 is 1.12 bits per heavy atom. The van der Waals surface area contributed by atoms with Gasteiger partial charge in [0.15, 0.2) is 19.8 Å². The third-order valence-electron chi connectivity index (χ3n) is 8.28. The minimum absolute atomic E-state index is 0.0593. The molecule has 2 fully saturated rings. The van der Waals surface area contributed by atoms with Crippen molar-refractivity contribution in [2.75, 3.05) is 36.5 Å². The number of anilines is 1. The molecular weight excluding hydrogens is 592 g/mol. The molecule has 222 valence electrons. The second-order valence-electron chi connectivity index (χ2n) is 12.6. The van der Waals surface area contributed by atoms with E-state index < -0.39 is 14.4 Å². The maximum Gasteiger partial charge on any atom is 0.414 e. The molecule has 3 aliphatic rings. The summed E-state index contributed by atoms with van der Waals surface area (Å²) in [6.07, 6.45) is 6.74. The van der Waals surface area contributed by atoms with Gasteiger partial charge in [0.05, 0.1) is 36.1 Å². The van der Waals surface area contributed by atoms with Crippen LogP contribution < -0.4 is 14.4 Å². The molecule has 4 rings (SSSR count). The lowest BCUT2D eigenvalue weighted by molar-refractivity contribution is 0.0728. The van der Waals surface area contributed by atoms with Gasteiger partial charge in [-0.3, -0.25) is 9.69 Å². The van der Waals surface area contributed by atoms with E-state index in [0.29, 0.717) is 48.9 Å². The molecule has 1 aromatic carbocycles. The molecule has 1 aliphatic carbocycles. The molecule has 40 heavy (non-hydrogen) atoms. The Balaban J connectivity index is 1.66. The molecule has 0 aromatic heterocycles. The Morgan fingerprint density at radius 2 is 1.88 bits per heavy atom. The summed E-state index contributed by atoms with van der Waals surface area (Å²) in [6, 6.07) is 3.37. The molecule has 8 nitrogen and oxygen atoms in total. The molecule has 2 aliphatic heterocycles. The predicted molar refractivity (Wildman–Crippen MR) is 164 cm³/mol. The Morgan fingerprint density at radius 3 is 2.52 bits per heavy atom. The number of nitrogens with zero attached hydrogens (tertiary/aromatic N) is 2. The topological polar surface area (TPSA) is 77.5 Å². The molecule has 0 spiro atoms. The minimum atomic E-state index is -2.04. The standard InChI is InChI=1S/C30H45BrN2O6Si/c1-7-14-37-29(35)33-19-21-16-23(39-40(5,6)30(2,3)4)20-32(21)28(34)24-17-27(38-22-11-12-22)26(18-25(24)33)36-15-10-8-9-13-31/h7,17-18,21-23H,1,8-16,19-20H2,2-6H3/t21-,23+/m0/s1. The number of hydrogen-bond donors (Lipinski definition) is 0. The second kappa shape index (κ2) is 12.9. The number of rotatable bonds is 12. The number of ether oxygens (including phenoxy) is 3. The van der Waals surface area contributed by atoms with Crippen molar-refractivity contribution in [3.63, 3.8) is 0 Å². The summed E-state index contributed by atoms with van der Waals surface area (Å²) in [4.78, 5) is 30.9. The van der Waals surface area contributed by atoms with Gasteiger partial charge in [0.2, 0.25) is 0 Å². The quantitative estimate of drug-likeness (QED) is 0.107. The number of benzene rings is 1. The lowest BCUT2D eigenvalue weighted by Crippen LogP contribution is -2.44. The molecule has 0 N–H and O–H groups in total. The van der Waals surface area contributed by atoms with Gasteiger partial charge in [-0.15, -0.1) is 0 Å². The zero-order chi connectivity index (χ0) is 29.1. The van der Waals surface area contributed by atoms with Crippen molar-refractivity contribution in [1.29, 1.82) is 0 Å². The van der Waals surface area contributed by atoms with Crippen molar-refractivity contribution in [2.24, 2.45) is 0 Å². The first-order valence-electron chi connectivity index (χ1n) is 14.5. The van der Waals surface area contributed by atoms with Crippen molar-refractivity contribution < 1.29 is 28.2 Å². The fourth-order valence-corrected chi connectivity index (χ4v) is 6.64. The average Bonchev–Trinajstić information content (AvgIpc) is 3.64. The SMILES string of the molecule is C=CCOC(=O)N1C[C@@H]2C[C@@H](O[Si](C)(C)C(C)(C)C)CN2C(=O)c2cc(OC3CC3)c(OCCCCCBr)cc21. The molecule has 1 aromatic rings. The maximum absolute atomic E-state index is 14.1. The van der Waals surface area contributed by atoms with Gasteiger partial charge >= 0.3 is 6.09 Å². The van der Waals surface area contributed by atoms with E-state index in [1.807, 2.05) is 4.90 Å². The van der Waals surface area contributed by atoms with Crippen molar-refractivity contribution in [1.82, 2.24) is 4.90 Å². The van der Waals surface area contributed by atoms with Crippen LogP contribution in [0.5, 0.6) is 11.5 Å². The Labute approximate surface area is 248 Å². The van der Waals surface area contributed by atoms with Crippen LogP contribution in [0.4, 0.5) is 10.5 Å². The molecule has 2 atom stereocenters. The average molecular weight is 638 g/mol. The van der Waals surface area contributed by atoms with Crippen molar-refractivity contribution in [2.45, 2.75) is 95.7 Å². The van der Waals surface area contributed by atoms with Gasteiger partial charge in [0.25, 0.3) is 5.91 Å². The lowest BCUT2D eigenvalue weighted by atomic mass is 10.1. The summed E-state index contributed by atoms with van der Waals surface area (Å²) >= 11 is 3.47. The van der Waals surface area contributed by atoms with Gasteiger partial charge in [-0.1, -0.05) is 49.4 Å².